The fourth-order valence-electron chi connectivity index (χ4n) is 2.89. The highest BCUT2D eigenvalue weighted by atomic mass is 35.5. The number of aryl methyl sites for hydroxylation is 1. The van der Waals surface area contributed by atoms with Crippen LogP contribution in [0.1, 0.15) is 18.4 Å². The summed E-state index contributed by atoms with van der Waals surface area (Å²) in [6.07, 6.45) is 3.13. The quantitative estimate of drug-likeness (QED) is 0.784. The van der Waals surface area contributed by atoms with E-state index in [4.69, 9.17) is 17.3 Å². The van der Waals surface area contributed by atoms with E-state index in [9.17, 15) is 9.59 Å². The van der Waals surface area contributed by atoms with Crippen LogP contribution in [0.15, 0.2) is 29.7 Å². The first-order valence-corrected chi connectivity index (χ1v) is 9.68. The number of nitrogens with zero attached hydrogens (tertiary/aromatic N) is 4. The van der Waals surface area contributed by atoms with E-state index in [0.29, 0.717) is 23.3 Å². The highest BCUT2D eigenvalue weighted by Gasteiger charge is 2.27. The maximum atomic E-state index is 12.5. The minimum atomic E-state index is -0.342. The van der Waals surface area contributed by atoms with Crippen molar-refractivity contribution in [3.05, 3.63) is 35.1 Å². The van der Waals surface area contributed by atoms with Crippen molar-refractivity contribution in [3.63, 3.8) is 0 Å². The number of carbonyl (C=O) groups excluding carboxylic acids is 2. The van der Waals surface area contributed by atoms with Gasteiger partial charge < -0.3 is 10.6 Å². The molecule has 138 valence electrons. The van der Waals surface area contributed by atoms with Gasteiger partial charge in [-0.1, -0.05) is 29.4 Å². The summed E-state index contributed by atoms with van der Waals surface area (Å²) in [5.41, 5.74) is 7.20. The number of nitrogens with two attached hydrogens (primary N) is 1. The Morgan fingerprint density at radius 2 is 2.23 bits per heavy atom. The molecule has 0 radical (unpaired) electrons. The van der Waals surface area contributed by atoms with Gasteiger partial charge in [-0.25, -0.2) is 0 Å². The number of hydrogen-bond acceptors (Lipinski definition) is 5. The normalized spacial score (nSPS) is 17.3. The standard InChI is InChI=1S/C17H20ClN5O2S/c1-11-4-5-13(7-14(11)18)23-10-20-21-17(23)26-9-15(24)22-6-2-3-12(8-22)16(19)25/h4-5,7,10,12H,2-3,6,8-9H2,1H3,(H2,19,25). The van der Waals surface area contributed by atoms with Gasteiger partial charge in [0.25, 0.3) is 0 Å². The Morgan fingerprint density at radius 1 is 1.42 bits per heavy atom. The van der Waals surface area contributed by atoms with E-state index in [1.165, 1.54) is 11.8 Å². The van der Waals surface area contributed by atoms with E-state index in [0.717, 1.165) is 24.1 Å². The van der Waals surface area contributed by atoms with Gasteiger partial charge in [0, 0.05) is 18.1 Å². The molecule has 1 fully saturated rings. The molecule has 1 aromatic heterocycles. The largest absolute Gasteiger partial charge is 0.369 e. The molecule has 7 nitrogen and oxygen atoms in total. The average Bonchev–Trinajstić information content (AvgIpc) is 3.10. The molecular weight excluding hydrogens is 374 g/mol. The molecule has 1 aliphatic rings. The number of hydrogen-bond donors (Lipinski definition) is 1. The highest BCUT2D eigenvalue weighted by Crippen LogP contribution is 2.24. The van der Waals surface area contributed by atoms with Crippen LogP contribution in [-0.2, 0) is 9.59 Å². The summed E-state index contributed by atoms with van der Waals surface area (Å²) in [7, 11) is 0. The molecule has 2 aromatic rings. The van der Waals surface area contributed by atoms with Crippen molar-refractivity contribution in [2.24, 2.45) is 11.7 Å². The average molecular weight is 394 g/mol. The van der Waals surface area contributed by atoms with Gasteiger partial charge >= 0.3 is 0 Å². The number of amides is 2. The van der Waals surface area contributed by atoms with E-state index in [-0.39, 0.29) is 23.5 Å². The molecule has 26 heavy (non-hydrogen) atoms. The van der Waals surface area contributed by atoms with Crippen molar-refractivity contribution >= 4 is 35.2 Å². The van der Waals surface area contributed by atoms with Gasteiger partial charge in [0.15, 0.2) is 5.16 Å². The van der Waals surface area contributed by atoms with Crippen molar-refractivity contribution < 1.29 is 9.59 Å². The van der Waals surface area contributed by atoms with E-state index < -0.39 is 0 Å². The van der Waals surface area contributed by atoms with Crippen LogP contribution in [0, 0.1) is 12.8 Å². The zero-order valence-electron chi connectivity index (χ0n) is 14.4. The van der Waals surface area contributed by atoms with E-state index in [1.807, 2.05) is 25.1 Å². The number of halogens is 1. The summed E-state index contributed by atoms with van der Waals surface area (Å²) in [5.74, 6) is -0.399. The van der Waals surface area contributed by atoms with Gasteiger partial charge in [0.1, 0.15) is 6.33 Å². The van der Waals surface area contributed by atoms with Crippen molar-refractivity contribution in [1.29, 1.82) is 0 Å². The van der Waals surface area contributed by atoms with Crippen LogP contribution in [0.25, 0.3) is 5.69 Å². The summed E-state index contributed by atoms with van der Waals surface area (Å²) in [4.78, 5) is 25.6. The second-order valence-electron chi connectivity index (χ2n) is 6.29. The van der Waals surface area contributed by atoms with Crippen LogP contribution in [-0.4, -0.2) is 50.3 Å². The molecule has 2 amide bonds. The third kappa shape index (κ3) is 4.19. The Balaban J connectivity index is 1.65. The molecule has 1 saturated heterocycles. The number of primary amides is 1. The van der Waals surface area contributed by atoms with E-state index in [1.54, 1.807) is 15.8 Å². The summed E-state index contributed by atoms with van der Waals surface area (Å²) in [6, 6.07) is 5.70. The third-order valence-corrected chi connectivity index (χ3v) is 5.79. The highest BCUT2D eigenvalue weighted by molar-refractivity contribution is 7.99. The Hall–Kier alpha value is -2.06. The molecule has 0 saturated carbocycles. The van der Waals surface area contributed by atoms with Gasteiger partial charge in [-0.05, 0) is 37.5 Å². The fourth-order valence-corrected chi connectivity index (χ4v) is 3.89. The molecule has 0 aliphatic carbocycles. The molecule has 3 rings (SSSR count). The molecule has 1 unspecified atom stereocenters. The van der Waals surface area contributed by atoms with Crippen molar-refractivity contribution in [1.82, 2.24) is 19.7 Å². The Labute approximate surface area is 160 Å². The summed E-state index contributed by atoms with van der Waals surface area (Å²) in [5, 5.41) is 9.31. The molecule has 9 heteroatoms. The number of thioether (sulfide) groups is 1. The second-order valence-corrected chi connectivity index (χ2v) is 7.64. The van der Waals surface area contributed by atoms with E-state index in [2.05, 4.69) is 10.2 Å². The van der Waals surface area contributed by atoms with Gasteiger partial charge in [0.2, 0.25) is 11.8 Å². The number of likely N-dealkylation sites (tertiary alicyclic amines) is 1. The monoisotopic (exact) mass is 393 g/mol. The first-order valence-electron chi connectivity index (χ1n) is 8.32. The number of benzene rings is 1. The lowest BCUT2D eigenvalue weighted by atomic mass is 9.97. The molecule has 2 heterocycles. The SMILES string of the molecule is Cc1ccc(-n2cnnc2SCC(=O)N2CCCC(C(N)=O)C2)cc1Cl. The lowest BCUT2D eigenvalue weighted by Gasteiger charge is -2.31. The molecule has 2 N–H and O–H groups in total. The Bertz CT molecular complexity index is 825. The third-order valence-electron chi connectivity index (χ3n) is 4.45. The molecule has 1 aliphatic heterocycles. The predicted octanol–water partition coefficient (Wildman–Crippen LogP) is 2.05. The number of aromatic nitrogens is 3. The fraction of sp³-hybridized carbons (Fsp3) is 0.412. The molecule has 0 spiro atoms. The van der Waals surface area contributed by atoms with Gasteiger partial charge in [-0.15, -0.1) is 10.2 Å². The number of carbonyl (C=O) groups is 2. The summed E-state index contributed by atoms with van der Waals surface area (Å²) < 4.78 is 1.80. The lowest BCUT2D eigenvalue weighted by Crippen LogP contribution is -2.44. The summed E-state index contributed by atoms with van der Waals surface area (Å²) in [6.45, 7) is 2.99. The van der Waals surface area contributed by atoms with Crippen molar-refractivity contribution in [2.75, 3.05) is 18.8 Å². The zero-order chi connectivity index (χ0) is 18.7. The summed E-state index contributed by atoms with van der Waals surface area (Å²) >= 11 is 7.50. The first kappa shape index (κ1) is 18.7. The second kappa shape index (κ2) is 8.09. The zero-order valence-corrected chi connectivity index (χ0v) is 16.0. The van der Waals surface area contributed by atoms with Crippen LogP contribution >= 0.6 is 23.4 Å². The lowest BCUT2D eigenvalue weighted by molar-refractivity contribution is -0.132. The smallest absolute Gasteiger partial charge is 0.233 e. The van der Waals surface area contributed by atoms with Gasteiger partial charge in [-0.3, -0.25) is 14.2 Å². The van der Waals surface area contributed by atoms with Gasteiger partial charge in [0.05, 0.1) is 17.4 Å². The minimum Gasteiger partial charge on any atom is -0.369 e. The maximum absolute atomic E-state index is 12.5. The molecule has 0 bridgehead atoms. The Kier molecular flexibility index (Phi) is 5.83. The molecular formula is C17H20ClN5O2S. The molecule has 1 aromatic carbocycles. The van der Waals surface area contributed by atoms with Crippen LogP contribution in [0.3, 0.4) is 0 Å². The minimum absolute atomic E-state index is 0.0301. The van der Waals surface area contributed by atoms with E-state index >= 15 is 0 Å². The topological polar surface area (TPSA) is 94.1 Å². The van der Waals surface area contributed by atoms with Crippen LogP contribution < -0.4 is 5.73 Å². The predicted molar refractivity (Wildman–Crippen MR) is 100 cm³/mol. The van der Waals surface area contributed by atoms with Crippen LogP contribution in [0.2, 0.25) is 5.02 Å². The van der Waals surface area contributed by atoms with Gasteiger partial charge in [-0.2, -0.15) is 0 Å². The number of piperidine rings is 1. The van der Waals surface area contributed by atoms with Crippen LogP contribution in [0.5, 0.6) is 0 Å². The Morgan fingerprint density at radius 3 is 2.96 bits per heavy atom. The van der Waals surface area contributed by atoms with Crippen LogP contribution in [0.4, 0.5) is 0 Å². The first-order chi connectivity index (χ1) is 12.5. The number of rotatable bonds is 5. The molecule has 1 atom stereocenters. The maximum Gasteiger partial charge on any atom is 0.233 e. The van der Waals surface area contributed by atoms with Crippen molar-refractivity contribution in [3.8, 4) is 5.69 Å². The van der Waals surface area contributed by atoms with Crippen molar-refractivity contribution in [2.45, 2.75) is 24.9 Å².